The molecule has 19 heavy (non-hydrogen) atoms. The molecule has 2 rings (SSSR count). The number of ether oxygens (including phenoxy) is 1. The summed E-state index contributed by atoms with van der Waals surface area (Å²) < 4.78 is 6.21. The molecule has 0 radical (unpaired) electrons. The molecule has 0 bridgehead atoms. The van der Waals surface area contributed by atoms with Crippen LogP contribution in [0.5, 0.6) is 5.75 Å². The first-order valence-corrected chi connectivity index (χ1v) is 6.81. The van der Waals surface area contributed by atoms with Crippen LogP contribution in [0.15, 0.2) is 46.9 Å². The number of nitrogens with one attached hydrogen (secondary N) is 1. The van der Waals surface area contributed by atoms with Crippen molar-refractivity contribution >= 4 is 15.9 Å². The minimum atomic E-state index is -0.0554. The molecule has 0 aliphatic carbocycles. The number of hydrogen-bond donors (Lipinski definition) is 2. The molecule has 0 aliphatic heterocycles. The molecule has 100 valence electrons. The van der Waals surface area contributed by atoms with Crippen molar-refractivity contribution in [2.24, 2.45) is 5.84 Å². The van der Waals surface area contributed by atoms with Crippen LogP contribution in [-0.4, -0.2) is 7.11 Å². The van der Waals surface area contributed by atoms with Crippen LogP contribution < -0.4 is 16.0 Å². The van der Waals surface area contributed by atoms with Crippen LogP contribution in [-0.2, 0) is 0 Å². The lowest BCUT2D eigenvalue weighted by Gasteiger charge is -2.19. The summed E-state index contributed by atoms with van der Waals surface area (Å²) in [7, 11) is 1.66. The van der Waals surface area contributed by atoms with Gasteiger partial charge in [-0.25, -0.2) is 5.43 Å². The maximum atomic E-state index is 5.72. The van der Waals surface area contributed by atoms with Gasteiger partial charge in [-0.3, -0.25) is 5.84 Å². The van der Waals surface area contributed by atoms with Gasteiger partial charge in [-0.15, -0.1) is 0 Å². The topological polar surface area (TPSA) is 47.3 Å². The highest BCUT2D eigenvalue weighted by atomic mass is 79.9. The molecule has 3 N–H and O–H groups in total. The number of halogens is 1. The second-order valence-corrected chi connectivity index (χ2v) is 5.25. The van der Waals surface area contributed by atoms with Gasteiger partial charge in [0.25, 0.3) is 0 Å². The lowest BCUT2D eigenvalue weighted by molar-refractivity contribution is 0.414. The number of aryl methyl sites for hydroxylation is 1. The quantitative estimate of drug-likeness (QED) is 0.671. The minimum Gasteiger partial charge on any atom is -0.497 e. The SMILES string of the molecule is COc1ccc(C(NN)c2cc(C)ccc2Br)cc1. The first-order valence-electron chi connectivity index (χ1n) is 6.02. The van der Waals surface area contributed by atoms with Crippen molar-refractivity contribution in [3.8, 4) is 5.75 Å². The van der Waals surface area contributed by atoms with Gasteiger partial charge < -0.3 is 4.74 Å². The van der Waals surface area contributed by atoms with Crippen LogP contribution in [0, 0.1) is 6.92 Å². The molecule has 0 saturated heterocycles. The molecule has 0 saturated carbocycles. The highest BCUT2D eigenvalue weighted by molar-refractivity contribution is 9.10. The Hall–Kier alpha value is -1.36. The highest BCUT2D eigenvalue weighted by Crippen LogP contribution is 2.29. The number of hydrazine groups is 1. The molecular formula is C15H17BrN2O. The van der Waals surface area contributed by atoms with Gasteiger partial charge in [-0.2, -0.15) is 0 Å². The standard InChI is InChI=1S/C15H17BrN2O/c1-10-3-8-14(16)13(9-10)15(18-17)11-4-6-12(19-2)7-5-11/h3-9,15,18H,17H2,1-2H3. The van der Waals surface area contributed by atoms with Gasteiger partial charge in [0.2, 0.25) is 0 Å². The fraction of sp³-hybridized carbons (Fsp3) is 0.200. The van der Waals surface area contributed by atoms with E-state index in [9.17, 15) is 0 Å². The van der Waals surface area contributed by atoms with Crippen molar-refractivity contribution < 1.29 is 4.74 Å². The van der Waals surface area contributed by atoms with E-state index in [0.717, 1.165) is 21.3 Å². The van der Waals surface area contributed by atoms with Crippen molar-refractivity contribution in [3.05, 3.63) is 63.6 Å². The molecule has 3 nitrogen and oxygen atoms in total. The molecular weight excluding hydrogens is 304 g/mol. The third-order valence-corrected chi connectivity index (χ3v) is 3.80. The summed E-state index contributed by atoms with van der Waals surface area (Å²) in [6.45, 7) is 2.07. The Morgan fingerprint density at radius 3 is 2.42 bits per heavy atom. The van der Waals surface area contributed by atoms with E-state index in [1.165, 1.54) is 5.56 Å². The van der Waals surface area contributed by atoms with Crippen molar-refractivity contribution in [1.82, 2.24) is 5.43 Å². The zero-order chi connectivity index (χ0) is 13.8. The van der Waals surface area contributed by atoms with E-state index in [-0.39, 0.29) is 6.04 Å². The van der Waals surface area contributed by atoms with E-state index in [1.807, 2.05) is 30.3 Å². The van der Waals surface area contributed by atoms with Gasteiger partial charge >= 0.3 is 0 Å². The Balaban J connectivity index is 2.40. The maximum absolute atomic E-state index is 5.72. The van der Waals surface area contributed by atoms with Gasteiger partial charge in [-0.1, -0.05) is 45.8 Å². The van der Waals surface area contributed by atoms with Crippen molar-refractivity contribution in [2.75, 3.05) is 7.11 Å². The van der Waals surface area contributed by atoms with Crippen molar-refractivity contribution in [2.45, 2.75) is 13.0 Å². The Morgan fingerprint density at radius 2 is 1.84 bits per heavy atom. The maximum Gasteiger partial charge on any atom is 0.118 e. The van der Waals surface area contributed by atoms with E-state index in [1.54, 1.807) is 7.11 Å². The Kier molecular flexibility index (Phi) is 4.58. The fourth-order valence-corrected chi connectivity index (χ4v) is 2.52. The van der Waals surface area contributed by atoms with Gasteiger partial charge in [0, 0.05) is 4.47 Å². The molecule has 2 aromatic rings. The van der Waals surface area contributed by atoms with Crippen LogP contribution in [0.2, 0.25) is 0 Å². The molecule has 0 aromatic heterocycles. The summed E-state index contributed by atoms with van der Waals surface area (Å²) in [5, 5.41) is 0. The van der Waals surface area contributed by atoms with Crippen LogP contribution in [0.3, 0.4) is 0 Å². The molecule has 4 heteroatoms. The average molecular weight is 321 g/mol. The number of rotatable bonds is 4. The van der Waals surface area contributed by atoms with Crippen LogP contribution in [0.4, 0.5) is 0 Å². The molecule has 0 fully saturated rings. The summed E-state index contributed by atoms with van der Waals surface area (Å²) in [5.74, 6) is 6.56. The zero-order valence-corrected chi connectivity index (χ0v) is 12.6. The summed E-state index contributed by atoms with van der Waals surface area (Å²) in [4.78, 5) is 0. The van der Waals surface area contributed by atoms with Crippen molar-refractivity contribution in [1.29, 1.82) is 0 Å². The number of hydrogen-bond acceptors (Lipinski definition) is 3. The Morgan fingerprint density at radius 1 is 1.16 bits per heavy atom. The third-order valence-electron chi connectivity index (χ3n) is 3.08. The summed E-state index contributed by atoms with van der Waals surface area (Å²) in [6.07, 6.45) is 0. The van der Waals surface area contributed by atoms with Crippen LogP contribution in [0.25, 0.3) is 0 Å². The third kappa shape index (κ3) is 3.15. The molecule has 1 unspecified atom stereocenters. The predicted molar refractivity (Wildman–Crippen MR) is 81.0 cm³/mol. The first kappa shape index (κ1) is 14.1. The second-order valence-electron chi connectivity index (χ2n) is 4.40. The molecule has 0 spiro atoms. The molecule has 0 amide bonds. The Bertz CT molecular complexity index is 555. The predicted octanol–water partition coefficient (Wildman–Crippen LogP) is 3.32. The minimum absolute atomic E-state index is 0.0554. The molecule has 2 aromatic carbocycles. The lowest BCUT2D eigenvalue weighted by atomic mass is 9.98. The zero-order valence-electron chi connectivity index (χ0n) is 11.0. The highest BCUT2D eigenvalue weighted by Gasteiger charge is 2.15. The Labute approximate surface area is 121 Å². The summed E-state index contributed by atoms with van der Waals surface area (Å²) in [6, 6.07) is 14.1. The molecule has 1 atom stereocenters. The monoisotopic (exact) mass is 320 g/mol. The lowest BCUT2D eigenvalue weighted by Crippen LogP contribution is -2.29. The molecule has 0 heterocycles. The van der Waals surface area contributed by atoms with Gasteiger partial charge in [0.1, 0.15) is 5.75 Å². The van der Waals surface area contributed by atoms with E-state index in [0.29, 0.717) is 0 Å². The van der Waals surface area contributed by atoms with E-state index < -0.39 is 0 Å². The van der Waals surface area contributed by atoms with E-state index in [4.69, 9.17) is 10.6 Å². The summed E-state index contributed by atoms with van der Waals surface area (Å²) in [5.41, 5.74) is 6.28. The average Bonchev–Trinajstić information content (AvgIpc) is 2.44. The van der Waals surface area contributed by atoms with Gasteiger partial charge in [0.15, 0.2) is 0 Å². The number of benzene rings is 2. The van der Waals surface area contributed by atoms with E-state index >= 15 is 0 Å². The van der Waals surface area contributed by atoms with Crippen molar-refractivity contribution in [3.63, 3.8) is 0 Å². The normalized spacial score (nSPS) is 12.2. The smallest absolute Gasteiger partial charge is 0.118 e. The second kappa shape index (κ2) is 6.19. The van der Waals surface area contributed by atoms with Crippen LogP contribution in [0.1, 0.15) is 22.7 Å². The van der Waals surface area contributed by atoms with Gasteiger partial charge in [-0.05, 0) is 36.2 Å². The van der Waals surface area contributed by atoms with E-state index in [2.05, 4.69) is 40.4 Å². The summed E-state index contributed by atoms with van der Waals surface area (Å²) >= 11 is 3.58. The number of nitrogens with two attached hydrogens (primary N) is 1. The largest absolute Gasteiger partial charge is 0.497 e. The first-order chi connectivity index (χ1) is 9.15. The number of methoxy groups -OCH3 is 1. The van der Waals surface area contributed by atoms with Crippen LogP contribution >= 0.6 is 15.9 Å². The van der Waals surface area contributed by atoms with Gasteiger partial charge in [0.05, 0.1) is 13.2 Å². The molecule has 0 aliphatic rings. The fourth-order valence-electron chi connectivity index (χ4n) is 2.05.